The summed E-state index contributed by atoms with van der Waals surface area (Å²) in [5.41, 5.74) is 3.73. The SMILES string of the molecule is Cc1cccc(-c2nccc(Nc3ccnc(Nc4ccc(CN5CCCC(C(=O)NC6CCNC6)C5)cc4)n3)n2)n1. The second-order valence-electron chi connectivity index (χ2n) is 10.9. The van der Waals surface area contributed by atoms with Crippen LogP contribution in [0.15, 0.2) is 67.0 Å². The van der Waals surface area contributed by atoms with Gasteiger partial charge in [0.1, 0.15) is 17.3 Å². The molecule has 11 heteroatoms. The summed E-state index contributed by atoms with van der Waals surface area (Å²) in [6.07, 6.45) is 6.42. The van der Waals surface area contributed by atoms with E-state index in [1.165, 1.54) is 5.56 Å². The number of pyridine rings is 1. The molecule has 42 heavy (non-hydrogen) atoms. The van der Waals surface area contributed by atoms with Crippen LogP contribution in [0, 0.1) is 12.8 Å². The normalized spacial score (nSPS) is 18.9. The largest absolute Gasteiger partial charge is 0.352 e. The molecule has 2 saturated heterocycles. The van der Waals surface area contributed by atoms with Crippen LogP contribution in [0.4, 0.5) is 23.3 Å². The number of anilines is 4. The summed E-state index contributed by atoms with van der Waals surface area (Å²) in [4.78, 5) is 37.6. The number of piperidine rings is 1. The molecule has 6 rings (SSSR count). The van der Waals surface area contributed by atoms with Crippen LogP contribution >= 0.6 is 0 Å². The Bertz CT molecular complexity index is 1510. The molecule has 2 atom stereocenters. The van der Waals surface area contributed by atoms with Crippen LogP contribution in [0.3, 0.4) is 0 Å². The van der Waals surface area contributed by atoms with E-state index in [1.807, 2.05) is 37.3 Å². The predicted molar refractivity (Wildman–Crippen MR) is 162 cm³/mol. The van der Waals surface area contributed by atoms with Crippen molar-refractivity contribution in [3.63, 3.8) is 0 Å². The maximum Gasteiger partial charge on any atom is 0.229 e. The van der Waals surface area contributed by atoms with Crippen molar-refractivity contribution in [2.75, 3.05) is 36.8 Å². The second-order valence-corrected chi connectivity index (χ2v) is 10.9. The highest BCUT2D eigenvalue weighted by atomic mass is 16.2. The molecule has 5 heterocycles. The third-order valence-corrected chi connectivity index (χ3v) is 7.58. The standard InChI is InChI=1S/C31H36N10O/c1-21-4-2-6-26(35-21)29-33-15-12-27(39-29)38-28-13-16-34-31(40-28)37-24-9-7-22(8-10-24)19-41-17-3-5-23(20-41)30(42)36-25-11-14-32-18-25/h2,4,6-10,12-13,15-16,23,25,32H,3,5,11,14,17-20H2,1H3,(H,36,42)(H2,33,34,37,38,39,40). The zero-order valence-corrected chi connectivity index (χ0v) is 23.8. The van der Waals surface area contributed by atoms with Crippen LogP contribution in [0.1, 0.15) is 30.5 Å². The molecular weight excluding hydrogens is 528 g/mol. The number of nitrogens with one attached hydrogen (secondary N) is 4. The number of likely N-dealkylation sites (tertiary alicyclic amines) is 1. The van der Waals surface area contributed by atoms with Crippen molar-refractivity contribution in [3.8, 4) is 11.5 Å². The summed E-state index contributed by atoms with van der Waals surface area (Å²) in [7, 11) is 0. The maximum atomic E-state index is 12.8. The van der Waals surface area contributed by atoms with E-state index in [4.69, 9.17) is 0 Å². The van der Waals surface area contributed by atoms with E-state index in [9.17, 15) is 4.79 Å². The summed E-state index contributed by atoms with van der Waals surface area (Å²) >= 11 is 0. The Hall–Kier alpha value is -4.48. The molecule has 2 fully saturated rings. The third kappa shape index (κ3) is 7.23. The molecular formula is C31H36N10O. The minimum absolute atomic E-state index is 0.0615. The van der Waals surface area contributed by atoms with E-state index in [-0.39, 0.29) is 17.9 Å². The minimum Gasteiger partial charge on any atom is -0.352 e. The van der Waals surface area contributed by atoms with Gasteiger partial charge in [0.05, 0.1) is 5.92 Å². The van der Waals surface area contributed by atoms with Gasteiger partial charge in [0, 0.05) is 49.5 Å². The van der Waals surface area contributed by atoms with Crippen molar-refractivity contribution in [3.05, 3.63) is 78.2 Å². The highest BCUT2D eigenvalue weighted by Gasteiger charge is 2.28. The van der Waals surface area contributed by atoms with Gasteiger partial charge >= 0.3 is 0 Å². The summed E-state index contributed by atoms with van der Waals surface area (Å²) < 4.78 is 0. The number of hydrogen-bond acceptors (Lipinski definition) is 10. The molecule has 3 aromatic heterocycles. The molecule has 2 aliphatic heterocycles. The van der Waals surface area contributed by atoms with Gasteiger partial charge in [-0.2, -0.15) is 4.98 Å². The Morgan fingerprint density at radius 3 is 2.60 bits per heavy atom. The Morgan fingerprint density at radius 1 is 0.952 bits per heavy atom. The van der Waals surface area contributed by atoms with Crippen molar-refractivity contribution in [2.45, 2.75) is 38.8 Å². The topological polar surface area (TPSA) is 133 Å². The average molecular weight is 565 g/mol. The number of carbonyl (C=O) groups excluding carboxylic acids is 1. The van der Waals surface area contributed by atoms with E-state index in [2.05, 4.69) is 63.2 Å². The summed E-state index contributed by atoms with van der Waals surface area (Å²) in [5.74, 6) is 2.51. The summed E-state index contributed by atoms with van der Waals surface area (Å²) in [6, 6.07) is 17.9. The van der Waals surface area contributed by atoms with Gasteiger partial charge in [-0.05, 0) is 81.2 Å². The fourth-order valence-electron chi connectivity index (χ4n) is 5.43. The average Bonchev–Trinajstić information content (AvgIpc) is 3.52. The van der Waals surface area contributed by atoms with Gasteiger partial charge in [-0.15, -0.1) is 0 Å². The molecule has 0 saturated carbocycles. The Labute approximate surface area is 245 Å². The first-order valence-electron chi connectivity index (χ1n) is 14.5. The van der Waals surface area contributed by atoms with Crippen LogP contribution in [0.5, 0.6) is 0 Å². The molecule has 1 aromatic carbocycles. The first-order valence-corrected chi connectivity index (χ1v) is 14.5. The molecule has 2 aliphatic rings. The fraction of sp³-hybridized carbons (Fsp3) is 0.355. The first kappa shape index (κ1) is 27.7. The minimum atomic E-state index is 0.0615. The molecule has 0 bridgehead atoms. The molecule has 4 aromatic rings. The molecule has 2 unspecified atom stereocenters. The van der Waals surface area contributed by atoms with Gasteiger partial charge in [-0.3, -0.25) is 9.69 Å². The van der Waals surface area contributed by atoms with Crippen LogP contribution in [-0.4, -0.2) is 67.9 Å². The number of hydrogen-bond donors (Lipinski definition) is 4. The zero-order valence-electron chi connectivity index (χ0n) is 23.8. The van der Waals surface area contributed by atoms with Crippen LogP contribution in [0.25, 0.3) is 11.5 Å². The maximum absolute atomic E-state index is 12.8. The van der Waals surface area contributed by atoms with E-state index < -0.39 is 0 Å². The zero-order chi connectivity index (χ0) is 28.7. The molecule has 0 aliphatic carbocycles. The number of nitrogens with zero attached hydrogens (tertiary/aromatic N) is 6. The lowest BCUT2D eigenvalue weighted by atomic mass is 9.96. The smallest absolute Gasteiger partial charge is 0.229 e. The molecule has 0 spiro atoms. The number of aromatic nitrogens is 5. The number of benzene rings is 1. The fourth-order valence-corrected chi connectivity index (χ4v) is 5.43. The monoisotopic (exact) mass is 564 g/mol. The summed E-state index contributed by atoms with van der Waals surface area (Å²) in [6.45, 7) is 6.44. The van der Waals surface area contributed by atoms with Crippen LogP contribution in [-0.2, 0) is 11.3 Å². The van der Waals surface area contributed by atoms with Crippen LogP contribution < -0.4 is 21.3 Å². The number of aryl methyl sites for hydroxylation is 1. The van der Waals surface area contributed by atoms with Crippen molar-refractivity contribution < 1.29 is 4.79 Å². The lowest BCUT2D eigenvalue weighted by Crippen LogP contribution is -2.46. The number of rotatable bonds is 9. The lowest BCUT2D eigenvalue weighted by Gasteiger charge is -2.32. The van der Waals surface area contributed by atoms with E-state index in [0.717, 1.165) is 69.1 Å². The van der Waals surface area contributed by atoms with E-state index in [1.54, 1.807) is 24.5 Å². The highest BCUT2D eigenvalue weighted by Crippen LogP contribution is 2.22. The quantitative estimate of drug-likeness (QED) is 0.238. The van der Waals surface area contributed by atoms with Crippen molar-refractivity contribution >= 4 is 29.2 Å². The van der Waals surface area contributed by atoms with Gasteiger partial charge in [0.2, 0.25) is 11.9 Å². The van der Waals surface area contributed by atoms with Gasteiger partial charge in [-0.1, -0.05) is 18.2 Å². The molecule has 216 valence electrons. The summed E-state index contributed by atoms with van der Waals surface area (Å²) in [5, 5.41) is 13.1. The van der Waals surface area contributed by atoms with Gasteiger partial charge in [0.25, 0.3) is 0 Å². The van der Waals surface area contributed by atoms with Gasteiger partial charge in [0.15, 0.2) is 5.82 Å². The van der Waals surface area contributed by atoms with Crippen LogP contribution in [0.2, 0.25) is 0 Å². The molecule has 4 N–H and O–H groups in total. The highest BCUT2D eigenvalue weighted by molar-refractivity contribution is 5.79. The first-order chi connectivity index (χ1) is 20.6. The van der Waals surface area contributed by atoms with E-state index >= 15 is 0 Å². The number of carbonyl (C=O) groups is 1. The molecule has 0 radical (unpaired) electrons. The third-order valence-electron chi connectivity index (χ3n) is 7.58. The van der Waals surface area contributed by atoms with Crippen molar-refractivity contribution in [2.24, 2.45) is 5.92 Å². The van der Waals surface area contributed by atoms with Crippen molar-refractivity contribution in [1.29, 1.82) is 0 Å². The molecule has 1 amide bonds. The van der Waals surface area contributed by atoms with Gasteiger partial charge in [-0.25, -0.2) is 19.9 Å². The predicted octanol–water partition coefficient (Wildman–Crippen LogP) is 3.81. The number of amides is 1. The van der Waals surface area contributed by atoms with Crippen molar-refractivity contribution in [1.82, 2.24) is 40.5 Å². The van der Waals surface area contributed by atoms with Gasteiger partial charge < -0.3 is 21.3 Å². The Balaban J connectivity index is 1.03. The Kier molecular flexibility index (Phi) is 8.57. The van der Waals surface area contributed by atoms with E-state index in [0.29, 0.717) is 23.4 Å². The lowest BCUT2D eigenvalue weighted by molar-refractivity contribution is -0.127. The molecule has 11 nitrogen and oxygen atoms in total. The Morgan fingerprint density at radius 2 is 1.79 bits per heavy atom. The second kappa shape index (κ2) is 13.0.